The van der Waals surface area contributed by atoms with E-state index < -0.39 is 0 Å². The molecule has 90 valence electrons. The van der Waals surface area contributed by atoms with Gasteiger partial charge in [-0.15, -0.1) is 0 Å². The first-order valence-corrected chi connectivity index (χ1v) is 5.75. The molecule has 0 aliphatic rings. The van der Waals surface area contributed by atoms with Crippen molar-refractivity contribution < 1.29 is 4.79 Å². The van der Waals surface area contributed by atoms with Gasteiger partial charge in [-0.25, -0.2) is 0 Å². The Kier molecular flexibility index (Phi) is 3.29. The topological polar surface area (TPSA) is 45.8 Å². The van der Waals surface area contributed by atoms with E-state index in [4.69, 9.17) is 5.26 Å². The number of aryl methyl sites for hydroxylation is 2. The van der Waals surface area contributed by atoms with Crippen LogP contribution in [0.25, 0.3) is 0 Å². The lowest BCUT2D eigenvalue weighted by molar-refractivity contribution is 0.103. The van der Waals surface area contributed by atoms with Gasteiger partial charge in [-0.1, -0.05) is 29.8 Å². The molecular weight excluding hydrogens is 224 g/mol. The first kappa shape index (κ1) is 12.1. The lowest BCUT2D eigenvalue weighted by Gasteiger charge is -1.98. The predicted octanol–water partition coefficient (Wildman–Crippen LogP) is 2.63. The van der Waals surface area contributed by atoms with Crippen LogP contribution in [0.15, 0.2) is 36.5 Å². The zero-order valence-electron chi connectivity index (χ0n) is 10.5. The molecule has 1 heterocycles. The van der Waals surface area contributed by atoms with Crippen molar-refractivity contribution in [2.24, 2.45) is 7.05 Å². The molecule has 0 amide bonds. The van der Waals surface area contributed by atoms with Crippen LogP contribution in [0.2, 0.25) is 0 Å². The van der Waals surface area contributed by atoms with Gasteiger partial charge in [-0.2, -0.15) is 5.26 Å². The number of nitriles is 1. The normalized spacial score (nSPS) is 10.1. The molecule has 3 nitrogen and oxygen atoms in total. The molecule has 1 aromatic carbocycles. The summed E-state index contributed by atoms with van der Waals surface area (Å²) >= 11 is 0. The van der Waals surface area contributed by atoms with Gasteiger partial charge in [-0.05, 0) is 13.0 Å². The molecule has 0 aliphatic carbocycles. The van der Waals surface area contributed by atoms with Crippen LogP contribution < -0.4 is 0 Å². The summed E-state index contributed by atoms with van der Waals surface area (Å²) in [5.74, 6) is -0.00482. The molecule has 2 rings (SSSR count). The zero-order chi connectivity index (χ0) is 13.1. The fourth-order valence-corrected chi connectivity index (χ4v) is 1.86. The molecule has 18 heavy (non-hydrogen) atoms. The predicted molar refractivity (Wildman–Crippen MR) is 69.3 cm³/mol. The minimum Gasteiger partial charge on any atom is -0.353 e. The van der Waals surface area contributed by atoms with Crippen molar-refractivity contribution in [3.05, 3.63) is 58.9 Å². The first-order chi connectivity index (χ1) is 8.61. The number of carbonyl (C=O) groups is 1. The van der Waals surface area contributed by atoms with Gasteiger partial charge in [0.1, 0.15) is 0 Å². The Bertz CT molecular complexity index is 615. The molecule has 1 aromatic heterocycles. The number of hydrogen-bond acceptors (Lipinski definition) is 2. The molecule has 0 saturated carbocycles. The molecule has 2 aromatic rings. The highest BCUT2D eigenvalue weighted by Crippen LogP contribution is 2.14. The second kappa shape index (κ2) is 4.89. The van der Waals surface area contributed by atoms with E-state index >= 15 is 0 Å². The molecule has 0 unspecified atom stereocenters. The van der Waals surface area contributed by atoms with E-state index in [0.29, 0.717) is 17.5 Å². The number of carbonyl (C=O) groups excluding carboxylic acids is 1. The maximum Gasteiger partial charge on any atom is 0.194 e. The van der Waals surface area contributed by atoms with E-state index in [1.54, 1.807) is 12.3 Å². The highest BCUT2D eigenvalue weighted by Gasteiger charge is 2.12. The van der Waals surface area contributed by atoms with E-state index in [-0.39, 0.29) is 5.78 Å². The number of ketones is 1. The number of hydrogen-bond donors (Lipinski definition) is 0. The molecule has 0 saturated heterocycles. The van der Waals surface area contributed by atoms with Gasteiger partial charge in [-0.3, -0.25) is 4.79 Å². The second-order valence-corrected chi connectivity index (χ2v) is 4.36. The summed E-state index contributed by atoms with van der Waals surface area (Å²) in [4.78, 5) is 12.2. The van der Waals surface area contributed by atoms with Crippen LogP contribution in [0.5, 0.6) is 0 Å². The molecule has 0 atom stereocenters. The fourth-order valence-electron chi connectivity index (χ4n) is 1.86. The standard InChI is InChI=1S/C15H14N2O/c1-11-3-5-12(6-4-11)15(18)13-9-14(7-8-16)17(2)10-13/h3-6,9-10H,7H2,1-2H3. The average molecular weight is 238 g/mol. The number of nitrogens with zero attached hydrogens (tertiary/aromatic N) is 2. The van der Waals surface area contributed by atoms with Gasteiger partial charge in [0.15, 0.2) is 5.78 Å². The monoisotopic (exact) mass is 238 g/mol. The van der Waals surface area contributed by atoms with Crippen LogP contribution in [-0.4, -0.2) is 10.4 Å². The Morgan fingerprint density at radius 3 is 2.56 bits per heavy atom. The van der Waals surface area contributed by atoms with Crippen molar-refractivity contribution in [1.29, 1.82) is 5.26 Å². The van der Waals surface area contributed by atoms with Crippen LogP contribution in [0.3, 0.4) is 0 Å². The summed E-state index contributed by atoms with van der Waals surface area (Å²) in [5.41, 5.74) is 3.29. The van der Waals surface area contributed by atoms with Gasteiger partial charge < -0.3 is 4.57 Å². The van der Waals surface area contributed by atoms with Crippen molar-refractivity contribution in [3.8, 4) is 6.07 Å². The first-order valence-electron chi connectivity index (χ1n) is 5.75. The van der Waals surface area contributed by atoms with Gasteiger partial charge in [0.05, 0.1) is 12.5 Å². The number of aromatic nitrogens is 1. The molecule has 0 fully saturated rings. The van der Waals surface area contributed by atoms with E-state index in [0.717, 1.165) is 11.3 Å². The van der Waals surface area contributed by atoms with E-state index in [1.807, 2.05) is 42.8 Å². The Morgan fingerprint density at radius 1 is 1.28 bits per heavy atom. The summed E-state index contributed by atoms with van der Waals surface area (Å²) in [6.07, 6.45) is 2.09. The Labute approximate surface area is 106 Å². The van der Waals surface area contributed by atoms with Crippen molar-refractivity contribution >= 4 is 5.78 Å². The summed E-state index contributed by atoms with van der Waals surface area (Å²) in [7, 11) is 1.85. The second-order valence-electron chi connectivity index (χ2n) is 4.36. The highest BCUT2D eigenvalue weighted by molar-refractivity contribution is 6.09. The van der Waals surface area contributed by atoms with Gasteiger partial charge in [0, 0.05) is 30.1 Å². The molecule has 0 N–H and O–H groups in total. The third kappa shape index (κ3) is 2.33. The Morgan fingerprint density at radius 2 is 1.94 bits per heavy atom. The molecular formula is C15H14N2O. The van der Waals surface area contributed by atoms with Crippen LogP contribution in [0.4, 0.5) is 0 Å². The maximum absolute atomic E-state index is 12.2. The largest absolute Gasteiger partial charge is 0.353 e. The molecule has 0 bridgehead atoms. The maximum atomic E-state index is 12.2. The fraction of sp³-hybridized carbons (Fsp3) is 0.200. The Hall–Kier alpha value is -2.34. The quantitative estimate of drug-likeness (QED) is 0.772. The number of benzene rings is 1. The minimum atomic E-state index is -0.00482. The van der Waals surface area contributed by atoms with Crippen molar-refractivity contribution in [2.75, 3.05) is 0 Å². The SMILES string of the molecule is Cc1ccc(C(=O)c2cc(CC#N)n(C)c2)cc1. The third-order valence-electron chi connectivity index (χ3n) is 2.94. The summed E-state index contributed by atoms with van der Waals surface area (Å²) in [6.45, 7) is 1.99. The minimum absolute atomic E-state index is 0.00482. The van der Waals surface area contributed by atoms with Gasteiger partial charge in [0.2, 0.25) is 0 Å². The molecule has 0 radical (unpaired) electrons. The average Bonchev–Trinajstić information content (AvgIpc) is 2.72. The highest BCUT2D eigenvalue weighted by atomic mass is 16.1. The summed E-state index contributed by atoms with van der Waals surface area (Å²) in [6, 6.07) is 11.4. The van der Waals surface area contributed by atoms with E-state index in [1.165, 1.54) is 0 Å². The summed E-state index contributed by atoms with van der Waals surface area (Å²) in [5, 5.41) is 8.69. The van der Waals surface area contributed by atoms with Gasteiger partial charge >= 0.3 is 0 Å². The van der Waals surface area contributed by atoms with Crippen molar-refractivity contribution in [3.63, 3.8) is 0 Å². The molecule has 3 heteroatoms. The summed E-state index contributed by atoms with van der Waals surface area (Å²) < 4.78 is 1.82. The van der Waals surface area contributed by atoms with Gasteiger partial charge in [0.25, 0.3) is 0 Å². The lowest BCUT2D eigenvalue weighted by Crippen LogP contribution is -1.99. The van der Waals surface area contributed by atoms with Crippen LogP contribution in [-0.2, 0) is 13.5 Å². The van der Waals surface area contributed by atoms with Crippen molar-refractivity contribution in [2.45, 2.75) is 13.3 Å². The third-order valence-corrected chi connectivity index (χ3v) is 2.94. The molecule has 0 spiro atoms. The lowest BCUT2D eigenvalue weighted by atomic mass is 10.0. The van der Waals surface area contributed by atoms with Crippen LogP contribution >= 0.6 is 0 Å². The van der Waals surface area contributed by atoms with E-state index in [2.05, 4.69) is 6.07 Å². The Balaban J connectivity index is 2.32. The smallest absolute Gasteiger partial charge is 0.194 e. The van der Waals surface area contributed by atoms with E-state index in [9.17, 15) is 4.79 Å². The van der Waals surface area contributed by atoms with Crippen molar-refractivity contribution in [1.82, 2.24) is 4.57 Å². The number of rotatable bonds is 3. The zero-order valence-corrected chi connectivity index (χ0v) is 10.5. The van der Waals surface area contributed by atoms with Crippen LogP contribution in [0, 0.1) is 18.3 Å². The molecule has 0 aliphatic heterocycles. The van der Waals surface area contributed by atoms with Crippen LogP contribution in [0.1, 0.15) is 27.2 Å².